The van der Waals surface area contributed by atoms with Gasteiger partial charge in [-0.15, -0.1) is 0 Å². The van der Waals surface area contributed by atoms with Crippen LogP contribution in [0.1, 0.15) is 91.9 Å². The zero-order valence-corrected chi connectivity index (χ0v) is 15.8. The molecule has 1 atom stereocenters. The molecule has 0 bridgehead atoms. The second-order valence-electron chi connectivity index (χ2n) is 6.39. The van der Waals surface area contributed by atoms with Crippen molar-refractivity contribution in [2.75, 3.05) is 19.6 Å². The normalized spacial score (nSPS) is 13.0. The number of rotatable bonds is 14. The summed E-state index contributed by atoms with van der Waals surface area (Å²) in [6.45, 7) is 11.9. The van der Waals surface area contributed by atoms with Crippen molar-refractivity contribution in [3.05, 3.63) is 0 Å². The first-order valence-corrected chi connectivity index (χ1v) is 9.16. The summed E-state index contributed by atoms with van der Waals surface area (Å²) in [6.07, 6.45) is 13.6. The quantitative estimate of drug-likeness (QED) is 0.295. The minimum absolute atomic E-state index is 0. The molecule has 0 radical (unpaired) electrons. The van der Waals surface area contributed by atoms with Gasteiger partial charge < -0.3 is 17.5 Å². The van der Waals surface area contributed by atoms with Gasteiger partial charge in [0, 0.05) is 6.92 Å². The van der Waals surface area contributed by atoms with Gasteiger partial charge in [0.05, 0.1) is 19.6 Å². The lowest BCUT2D eigenvalue weighted by atomic mass is 10.1. The SMILES string of the molecule is CCCCCCCCCCCC[N+](CC)(CC)C(C)O.[Cl-]. The smallest absolute Gasteiger partial charge is 0.187 e. The van der Waals surface area contributed by atoms with Gasteiger partial charge in [-0.25, -0.2) is 0 Å². The Hall–Kier alpha value is 0.210. The molecule has 21 heavy (non-hydrogen) atoms. The van der Waals surface area contributed by atoms with Gasteiger partial charge in [-0.2, -0.15) is 0 Å². The van der Waals surface area contributed by atoms with Crippen molar-refractivity contribution < 1.29 is 22.0 Å². The molecule has 0 aliphatic carbocycles. The molecule has 1 unspecified atom stereocenters. The van der Waals surface area contributed by atoms with E-state index in [1.165, 1.54) is 64.2 Å². The highest BCUT2D eigenvalue weighted by Gasteiger charge is 2.27. The molecule has 0 fully saturated rings. The van der Waals surface area contributed by atoms with Gasteiger partial charge in [0.15, 0.2) is 6.23 Å². The second-order valence-corrected chi connectivity index (χ2v) is 6.39. The van der Waals surface area contributed by atoms with E-state index in [-0.39, 0.29) is 18.6 Å². The number of quaternary nitrogens is 1. The van der Waals surface area contributed by atoms with E-state index >= 15 is 0 Å². The molecule has 3 heteroatoms. The number of aliphatic hydroxyl groups excluding tert-OH is 1. The van der Waals surface area contributed by atoms with Crippen LogP contribution < -0.4 is 12.4 Å². The third kappa shape index (κ3) is 10.5. The summed E-state index contributed by atoms with van der Waals surface area (Å²) in [4.78, 5) is 0. The van der Waals surface area contributed by atoms with Gasteiger partial charge in [-0.1, -0.05) is 58.3 Å². The van der Waals surface area contributed by atoms with Gasteiger partial charge >= 0.3 is 0 Å². The van der Waals surface area contributed by atoms with Crippen LogP contribution >= 0.6 is 0 Å². The van der Waals surface area contributed by atoms with Gasteiger partial charge in [-0.3, -0.25) is 4.48 Å². The molecule has 130 valence electrons. The lowest BCUT2D eigenvalue weighted by molar-refractivity contribution is -0.966. The number of halogens is 1. The highest BCUT2D eigenvalue weighted by molar-refractivity contribution is 4.49. The first-order chi connectivity index (χ1) is 9.63. The molecule has 0 rings (SSSR count). The van der Waals surface area contributed by atoms with E-state index in [1.54, 1.807) is 0 Å². The standard InChI is InChI=1S/C18H40NO.ClH/c1-5-8-9-10-11-12-13-14-15-16-17-19(6-2,7-3)18(4)20;/h18,20H,5-17H2,1-4H3;1H/q+1;/p-1. The number of aliphatic hydroxyl groups is 1. The third-order valence-electron chi connectivity index (χ3n) is 5.01. The average molecular weight is 322 g/mol. The van der Waals surface area contributed by atoms with Crippen molar-refractivity contribution >= 4 is 0 Å². The highest BCUT2D eigenvalue weighted by Crippen LogP contribution is 2.16. The van der Waals surface area contributed by atoms with Crippen molar-refractivity contribution in [1.82, 2.24) is 0 Å². The lowest BCUT2D eigenvalue weighted by Crippen LogP contribution is -3.00. The summed E-state index contributed by atoms with van der Waals surface area (Å²) in [7, 11) is 0. The van der Waals surface area contributed by atoms with Crippen LogP contribution in [0, 0.1) is 0 Å². The number of hydrogen-bond acceptors (Lipinski definition) is 1. The Morgan fingerprint density at radius 3 is 1.43 bits per heavy atom. The summed E-state index contributed by atoms with van der Waals surface area (Å²) >= 11 is 0. The van der Waals surface area contributed by atoms with Gasteiger partial charge in [0.25, 0.3) is 0 Å². The molecule has 0 aliphatic heterocycles. The molecule has 0 saturated carbocycles. The van der Waals surface area contributed by atoms with Crippen LogP contribution in [-0.4, -0.2) is 35.5 Å². The van der Waals surface area contributed by atoms with Crippen molar-refractivity contribution in [2.24, 2.45) is 0 Å². The highest BCUT2D eigenvalue weighted by atomic mass is 35.5. The van der Waals surface area contributed by atoms with E-state index in [1.807, 2.05) is 6.92 Å². The topological polar surface area (TPSA) is 20.2 Å². The zero-order chi connectivity index (χ0) is 15.3. The molecule has 1 N–H and O–H groups in total. The predicted octanol–water partition coefficient (Wildman–Crippen LogP) is 2.11. The fourth-order valence-electron chi connectivity index (χ4n) is 3.17. The molecular weight excluding hydrogens is 282 g/mol. The molecule has 2 nitrogen and oxygen atoms in total. The minimum Gasteiger partial charge on any atom is -1.00 e. The Morgan fingerprint density at radius 1 is 0.714 bits per heavy atom. The number of nitrogens with zero attached hydrogens (tertiary/aromatic N) is 1. The Kier molecular flexibility index (Phi) is 16.9. The summed E-state index contributed by atoms with van der Waals surface area (Å²) < 4.78 is 0.872. The van der Waals surface area contributed by atoms with Crippen molar-refractivity contribution in [3.8, 4) is 0 Å². The number of hydrogen-bond donors (Lipinski definition) is 1. The zero-order valence-electron chi connectivity index (χ0n) is 15.0. The van der Waals surface area contributed by atoms with E-state index in [0.717, 1.165) is 24.1 Å². The maximum atomic E-state index is 9.98. The monoisotopic (exact) mass is 321 g/mol. The second kappa shape index (κ2) is 15.1. The molecule has 0 spiro atoms. The van der Waals surface area contributed by atoms with Crippen molar-refractivity contribution in [2.45, 2.75) is 98.1 Å². The van der Waals surface area contributed by atoms with E-state index in [2.05, 4.69) is 20.8 Å². The maximum Gasteiger partial charge on any atom is 0.187 e. The molecular formula is C18H40ClNO. The van der Waals surface area contributed by atoms with E-state index < -0.39 is 0 Å². The summed E-state index contributed by atoms with van der Waals surface area (Å²) in [5, 5.41) is 9.98. The Balaban J connectivity index is 0. The molecule has 0 aromatic heterocycles. The summed E-state index contributed by atoms with van der Waals surface area (Å²) in [5.41, 5.74) is 0. The largest absolute Gasteiger partial charge is 1.00 e. The molecule has 0 saturated heterocycles. The summed E-state index contributed by atoms with van der Waals surface area (Å²) in [5.74, 6) is 0. The van der Waals surface area contributed by atoms with Crippen LogP contribution in [0.25, 0.3) is 0 Å². The predicted molar refractivity (Wildman–Crippen MR) is 89.7 cm³/mol. The van der Waals surface area contributed by atoms with E-state index in [0.29, 0.717) is 0 Å². The Morgan fingerprint density at radius 2 is 1.10 bits per heavy atom. The van der Waals surface area contributed by atoms with Crippen LogP contribution in [0.4, 0.5) is 0 Å². The van der Waals surface area contributed by atoms with Gasteiger partial charge in [-0.05, 0) is 26.7 Å². The molecule has 0 aromatic carbocycles. The van der Waals surface area contributed by atoms with Crippen LogP contribution in [0.2, 0.25) is 0 Å². The van der Waals surface area contributed by atoms with Crippen LogP contribution in [0.3, 0.4) is 0 Å². The Labute approximate surface area is 140 Å². The van der Waals surface area contributed by atoms with Gasteiger partial charge in [0.1, 0.15) is 0 Å². The third-order valence-corrected chi connectivity index (χ3v) is 5.01. The van der Waals surface area contributed by atoms with Crippen LogP contribution in [0.15, 0.2) is 0 Å². The van der Waals surface area contributed by atoms with Crippen molar-refractivity contribution in [1.29, 1.82) is 0 Å². The van der Waals surface area contributed by atoms with Crippen molar-refractivity contribution in [3.63, 3.8) is 0 Å². The molecule has 0 aromatic rings. The fourth-order valence-corrected chi connectivity index (χ4v) is 3.17. The number of unbranched alkanes of at least 4 members (excludes halogenated alkanes) is 9. The lowest BCUT2D eigenvalue weighted by Gasteiger charge is -2.39. The van der Waals surface area contributed by atoms with E-state index in [9.17, 15) is 5.11 Å². The molecule has 0 amide bonds. The van der Waals surface area contributed by atoms with Crippen LogP contribution in [0.5, 0.6) is 0 Å². The fraction of sp³-hybridized carbons (Fsp3) is 1.00. The van der Waals surface area contributed by atoms with E-state index in [4.69, 9.17) is 0 Å². The van der Waals surface area contributed by atoms with Gasteiger partial charge in [0.2, 0.25) is 0 Å². The first-order valence-electron chi connectivity index (χ1n) is 9.16. The summed E-state index contributed by atoms with van der Waals surface area (Å²) in [6, 6.07) is 0. The Bertz CT molecular complexity index is 205. The van der Waals surface area contributed by atoms with Crippen LogP contribution in [-0.2, 0) is 0 Å². The first kappa shape index (κ1) is 23.5. The maximum absolute atomic E-state index is 9.98. The average Bonchev–Trinajstić information content (AvgIpc) is 2.45. The minimum atomic E-state index is -0.219. The molecule has 0 aliphatic rings. The molecule has 0 heterocycles.